The summed E-state index contributed by atoms with van der Waals surface area (Å²) in [4.78, 5) is 41.5. The third-order valence-corrected chi connectivity index (χ3v) is 6.06. The van der Waals surface area contributed by atoms with E-state index in [1.807, 2.05) is 0 Å². The number of guanidine groups is 1. The molecular formula is C24H26BrClFN5O6. The Bertz CT molecular complexity index is 1250. The molecule has 204 valence electrons. The zero-order valence-corrected chi connectivity index (χ0v) is 22.5. The fourth-order valence-electron chi connectivity index (χ4n) is 3.54. The van der Waals surface area contributed by atoms with E-state index in [0.717, 1.165) is 0 Å². The van der Waals surface area contributed by atoms with E-state index >= 15 is 0 Å². The number of nitrogens with one attached hydrogen (secondary N) is 4. The summed E-state index contributed by atoms with van der Waals surface area (Å²) in [6.07, 6.45) is -1.39. The standard InChI is InChI=1S/C24H26BrClFN5O6/c1-2-38-21(35)8-19(17-5-13(26)6-18(25)22(17)36)32-20(34)11-28-23(37)12-3-15(7-16(33)4-12)31-24-29-9-14(27)10-30-24/h3-7,14,19,33,36H,2,8-11H2,1H3,(H,28,37)(H,32,34)(H2,29,30,31)/t19-/m1/s1. The number of anilines is 1. The van der Waals surface area contributed by atoms with Gasteiger partial charge >= 0.3 is 5.97 Å². The predicted octanol–water partition coefficient (Wildman–Crippen LogP) is 2.76. The molecule has 0 radical (unpaired) electrons. The Kier molecular flexibility index (Phi) is 10.1. The lowest BCUT2D eigenvalue weighted by molar-refractivity contribution is -0.143. The van der Waals surface area contributed by atoms with Gasteiger partial charge in [-0.05, 0) is 47.1 Å². The normalized spacial score (nSPS) is 15.5. The van der Waals surface area contributed by atoms with Crippen LogP contribution in [0, 0.1) is 0 Å². The Hall–Kier alpha value is -3.58. The van der Waals surface area contributed by atoms with Gasteiger partial charge in [-0.15, -0.1) is 0 Å². The molecule has 0 fully saturated rings. The lowest BCUT2D eigenvalue weighted by atomic mass is 10.0. The number of halogens is 3. The minimum Gasteiger partial charge on any atom is -0.508 e. The van der Waals surface area contributed by atoms with Crippen molar-refractivity contribution in [1.29, 1.82) is 0 Å². The van der Waals surface area contributed by atoms with Crippen molar-refractivity contribution in [3.05, 3.63) is 51.0 Å². The van der Waals surface area contributed by atoms with Crippen LogP contribution >= 0.6 is 27.5 Å². The molecule has 38 heavy (non-hydrogen) atoms. The van der Waals surface area contributed by atoms with E-state index in [0.29, 0.717) is 11.6 Å². The first kappa shape index (κ1) is 29.0. The lowest BCUT2D eigenvalue weighted by Gasteiger charge is -2.21. The second-order valence-corrected chi connectivity index (χ2v) is 9.49. The summed E-state index contributed by atoms with van der Waals surface area (Å²) in [6, 6.07) is 5.84. The first-order chi connectivity index (χ1) is 18.0. The molecule has 0 saturated heterocycles. The van der Waals surface area contributed by atoms with E-state index in [-0.39, 0.29) is 58.2 Å². The van der Waals surface area contributed by atoms with E-state index in [1.54, 1.807) is 6.92 Å². The molecule has 0 bridgehead atoms. The summed E-state index contributed by atoms with van der Waals surface area (Å²) in [5.41, 5.74) is 0.540. The number of carbonyl (C=O) groups is 3. The summed E-state index contributed by atoms with van der Waals surface area (Å²) in [6.45, 7) is 1.34. The van der Waals surface area contributed by atoms with Crippen LogP contribution in [0.5, 0.6) is 11.5 Å². The highest BCUT2D eigenvalue weighted by molar-refractivity contribution is 9.10. The van der Waals surface area contributed by atoms with E-state index in [4.69, 9.17) is 16.3 Å². The number of aliphatic imine (C=N–C) groups is 1. The van der Waals surface area contributed by atoms with Gasteiger partial charge in [0.1, 0.15) is 17.7 Å². The zero-order valence-electron chi connectivity index (χ0n) is 20.2. The van der Waals surface area contributed by atoms with Crippen LogP contribution in [0.15, 0.2) is 39.8 Å². The topological polar surface area (TPSA) is 161 Å². The number of alkyl halides is 1. The number of nitrogens with zero attached hydrogens (tertiary/aromatic N) is 1. The zero-order chi connectivity index (χ0) is 27.8. The van der Waals surface area contributed by atoms with Crippen LogP contribution in [0.4, 0.5) is 10.1 Å². The number of ether oxygens (including phenoxy) is 1. The van der Waals surface area contributed by atoms with Crippen LogP contribution in [0.1, 0.15) is 35.3 Å². The molecule has 1 unspecified atom stereocenters. The average Bonchev–Trinajstić information content (AvgIpc) is 2.85. The Morgan fingerprint density at radius 2 is 2.03 bits per heavy atom. The van der Waals surface area contributed by atoms with Gasteiger partial charge in [0, 0.05) is 27.9 Å². The molecule has 11 nitrogen and oxygen atoms in total. The number of rotatable bonds is 9. The Balaban J connectivity index is 1.67. The summed E-state index contributed by atoms with van der Waals surface area (Å²) in [5, 5.41) is 31.4. The van der Waals surface area contributed by atoms with Crippen LogP contribution in [0.2, 0.25) is 5.02 Å². The Labute approximate surface area is 230 Å². The van der Waals surface area contributed by atoms with Crippen molar-refractivity contribution in [3.8, 4) is 11.5 Å². The van der Waals surface area contributed by atoms with E-state index in [1.165, 1.54) is 30.3 Å². The summed E-state index contributed by atoms with van der Waals surface area (Å²) in [7, 11) is 0. The first-order valence-electron chi connectivity index (χ1n) is 11.5. The fourth-order valence-corrected chi connectivity index (χ4v) is 4.37. The first-order valence-corrected chi connectivity index (χ1v) is 12.7. The van der Waals surface area contributed by atoms with Gasteiger partial charge in [0.15, 0.2) is 5.96 Å². The van der Waals surface area contributed by atoms with Gasteiger partial charge in [0.25, 0.3) is 5.91 Å². The van der Waals surface area contributed by atoms with Crippen molar-refractivity contribution in [1.82, 2.24) is 16.0 Å². The van der Waals surface area contributed by atoms with Crippen molar-refractivity contribution in [2.24, 2.45) is 4.99 Å². The molecule has 6 N–H and O–H groups in total. The van der Waals surface area contributed by atoms with Gasteiger partial charge in [0.05, 0.1) is 43.2 Å². The Morgan fingerprint density at radius 3 is 2.71 bits per heavy atom. The Morgan fingerprint density at radius 1 is 1.26 bits per heavy atom. The summed E-state index contributed by atoms with van der Waals surface area (Å²) in [5.74, 6) is -2.09. The molecule has 1 aliphatic heterocycles. The summed E-state index contributed by atoms with van der Waals surface area (Å²) >= 11 is 9.26. The number of hydrogen-bond acceptors (Lipinski definition) is 9. The number of esters is 1. The highest BCUT2D eigenvalue weighted by Crippen LogP contribution is 2.36. The monoisotopic (exact) mass is 613 g/mol. The van der Waals surface area contributed by atoms with Crippen molar-refractivity contribution < 1.29 is 33.7 Å². The van der Waals surface area contributed by atoms with E-state index in [2.05, 4.69) is 42.2 Å². The van der Waals surface area contributed by atoms with Crippen LogP contribution in [0.3, 0.4) is 0 Å². The van der Waals surface area contributed by atoms with Gasteiger partial charge < -0.3 is 36.2 Å². The lowest BCUT2D eigenvalue weighted by Crippen LogP contribution is -2.41. The van der Waals surface area contributed by atoms with E-state index < -0.39 is 36.5 Å². The molecule has 1 heterocycles. The SMILES string of the molecule is CCOC(=O)C[C@@H](NC(=O)CNC(=O)c1cc(O)cc(NC2=NCC(F)CN2)c1)c1cc(Cl)cc(Br)c1O. The fraction of sp³-hybridized carbons (Fsp3) is 0.333. The molecule has 2 aromatic carbocycles. The molecule has 1 aliphatic rings. The number of amides is 2. The maximum atomic E-state index is 13.2. The van der Waals surface area contributed by atoms with Crippen molar-refractivity contribution in [2.45, 2.75) is 25.6 Å². The molecule has 0 aliphatic carbocycles. The number of phenolic OH excluding ortho intramolecular Hbond substituents is 2. The minimum absolute atomic E-state index is 0.0162. The molecule has 2 aromatic rings. The number of hydrogen-bond donors (Lipinski definition) is 6. The molecule has 2 atom stereocenters. The smallest absolute Gasteiger partial charge is 0.308 e. The summed E-state index contributed by atoms with van der Waals surface area (Å²) < 4.78 is 18.5. The minimum atomic E-state index is -1.10. The average molecular weight is 615 g/mol. The second kappa shape index (κ2) is 13.3. The molecule has 14 heteroatoms. The molecule has 0 saturated carbocycles. The van der Waals surface area contributed by atoms with Gasteiger partial charge in [-0.3, -0.25) is 14.4 Å². The highest BCUT2D eigenvalue weighted by atomic mass is 79.9. The number of aromatic hydroxyl groups is 2. The second-order valence-electron chi connectivity index (χ2n) is 8.20. The van der Waals surface area contributed by atoms with Crippen LogP contribution in [-0.4, -0.2) is 66.4 Å². The third kappa shape index (κ3) is 8.21. The van der Waals surface area contributed by atoms with Crippen LogP contribution in [0.25, 0.3) is 0 Å². The molecular weight excluding hydrogens is 589 g/mol. The molecule has 0 spiro atoms. The number of phenols is 2. The van der Waals surface area contributed by atoms with Gasteiger partial charge in [0.2, 0.25) is 5.91 Å². The largest absolute Gasteiger partial charge is 0.508 e. The predicted molar refractivity (Wildman–Crippen MR) is 142 cm³/mol. The van der Waals surface area contributed by atoms with E-state index in [9.17, 15) is 29.0 Å². The van der Waals surface area contributed by atoms with Crippen molar-refractivity contribution >= 4 is 57.0 Å². The maximum absolute atomic E-state index is 13.2. The molecule has 3 rings (SSSR count). The van der Waals surface area contributed by atoms with Gasteiger partial charge in [-0.2, -0.15) is 0 Å². The quantitative estimate of drug-likeness (QED) is 0.235. The van der Waals surface area contributed by atoms with Gasteiger partial charge in [-0.25, -0.2) is 9.38 Å². The maximum Gasteiger partial charge on any atom is 0.308 e. The highest BCUT2D eigenvalue weighted by Gasteiger charge is 2.24. The van der Waals surface area contributed by atoms with Crippen LogP contribution < -0.4 is 21.3 Å². The van der Waals surface area contributed by atoms with Gasteiger partial charge in [-0.1, -0.05) is 11.6 Å². The molecule has 0 aromatic heterocycles. The van der Waals surface area contributed by atoms with Crippen molar-refractivity contribution in [3.63, 3.8) is 0 Å². The number of benzene rings is 2. The number of carbonyl (C=O) groups excluding carboxylic acids is 3. The van der Waals surface area contributed by atoms with Crippen LogP contribution in [-0.2, 0) is 14.3 Å². The third-order valence-electron chi connectivity index (χ3n) is 5.24. The van der Waals surface area contributed by atoms with Crippen molar-refractivity contribution in [2.75, 3.05) is 31.6 Å². The molecule has 2 amide bonds.